The minimum absolute atomic E-state index is 0.0841. The van der Waals surface area contributed by atoms with Crippen LogP contribution in [0.5, 0.6) is 5.75 Å². The topological polar surface area (TPSA) is 105 Å². The van der Waals surface area contributed by atoms with Crippen molar-refractivity contribution in [2.45, 2.75) is 22.0 Å². The summed E-state index contributed by atoms with van der Waals surface area (Å²) in [6, 6.07) is 6.51. The number of alkyl halides is 3. The van der Waals surface area contributed by atoms with Gasteiger partial charge in [-0.2, -0.15) is 0 Å². The van der Waals surface area contributed by atoms with Crippen LogP contribution in [0.15, 0.2) is 35.0 Å². The first kappa shape index (κ1) is 21.4. The number of primary sulfonamides is 1. The number of halogens is 4. The fraction of sp³-hybridized carbons (Fsp3) is 0.357. The monoisotopic (exact) mass is 513 g/mol. The molecule has 1 aromatic carbocycles. The predicted molar refractivity (Wildman–Crippen MR) is 94.0 cm³/mol. The number of nitrogens with two attached hydrogens (primary N) is 1. The minimum atomic E-state index is -4.44. The number of hydrogen-bond donors (Lipinski definition) is 3. The Morgan fingerprint density at radius 3 is 2.38 bits per heavy atom. The molecule has 1 aliphatic heterocycles. The number of methoxy groups -OCH3 is 1. The fourth-order valence-corrected chi connectivity index (χ4v) is 11.3. The fourth-order valence-electron chi connectivity index (χ4n) is 2.60. The SMILES string of the molecule is COc1ccc(CC(C2=C(Cl)[C](=N)[In]([CH2]C(F)(F)F)[NH]2)S(N)(=O)=O)cc1. The van der Waals surface area contributed by atoms with Gasteiger partial charge in [0.1, 0.15) is 0 Å². The van der Waals surface area contributed by atoms with E-state index in [2.05, 4.69) is 3.30 Å². The molecule has 0 amide bonds. The molecule has 0 aliphatic carbocycles. The number of ether oxygens (including phenoxy) is 1. The maximum absolute atomic E-state index is 12.7. The second-order valence-corrected chi connectivity index (χ2v) is 14.7. The molecule has 1 aliphatic rings. The van der Waals surface area contributed by atoms with Gasteiger partial charge in [0.05, 0.1) is 0 Å². The van der Waals surface area contributed by atoms with Gasteiger partial charge in [-0.1, -0.05) is 0 Å². The molecule has 6 nitrogen and oxygen atoms in total. The second-order valence-electron chi connectivity index (χ2n) is 5.79. The summed E-state index contributed by atoms with van der Waals surface area (Å²) in [6.45, 7) is 0. The summed E-state index contributed by atoms with van der Waals surface area (Å²) in [5, 5.41) is 11.5. The van der Waals surface area contributed by atoms with Crippen LogP contribution in [-0.2, 0) is 16.4 Å². The van der Waals surface area contributed by atoms with Crippen LogP contribution in [0.1, 0.15) is 5.56 Å². The first-order valence-corrected chi connectivity index (χ1v) is 15.0. The van der Waals surface area contributed by atoms with Crippen LogP contribution < -0.4 is 13.2 Å². The summed E-state index contributed by atoms with van der Waals surface area (Å²) >= 11 is 2.21. The van der Waals surface area contributed by atoms with E-state index < -0.39 is 47.4 Å². The molecule has 0 saturated carbocycles. The summed E-state index contributed by atoms with van der Waals surface area (Å²) < 4.78 is 68.4. The van der Waals surface area contributed by atoms with Crippen molar-refractivity contribution in [2.24, 2.45) is 5.14 Å². The second kappa shape index (κ2) is 7.99. The number of hydrogen-bond acceptors (Lipinski definition) is 5. The van der Waals surface area contributed by atoms with Gasteiger partial charge in [-0.3, -0.25) is 0 Å². The Bertz CT molecular complexity index is 828. The van der Waals surface area contributed by atoms with Crippen LogP contribution >= 0.6 is 11.6 Å². The van der Waals surface area contributed by atoms with E-state index in [-0.39, 0.29) is 20.6 Å². The number of benzene rings is 1. The average molecular weight is 514 g/mol. The van der Waals surface area contributed by atoms with Gasteiger partial charge in [0.2, 0.25) is 0 Å². The third-order valence-corrected chi connectivity index (χ3v) is 13.2. The average Bonchev–Trinajstić information content (AvgIpc) is 2.78. The van der Waals surface area contributed by atoms with Crippen molar-refractivity contribution in [3.63, 3.8) is 0 Å². The normalized spacial score (nSPS) is 16.7. The molecule has 1 unspecified atom stereocenters. The molecule has 0 saturated heterocycles. The van der Waals surface area contributed by atoms with Crippen molar-refractivity contribution in [3.8, 4) is 5.75 Å². The molecule has 0 aromatic heterocycles. The number of sulfonamides is 1. The van der Waals surface area contributed by atoms with E-state index in [1.165, 1.54) is 7.11 Å². The van der Waals surface area contributed by atoms with Crippen molar-refractivity contribution in [3.05, 3.63) is 40.6 Å². The van der Waals surface area contributed by atoms with E-state index in [0.717, 1.165) is 0 Å². The summed E-state index contributed by atoms with van der Waals surface area (Å²) in [6.07, 6.45) is -4.53. The first-order valence-electron chi connectivity index (χ1n) is 7.38. The molecule has 4 N–H and O–H groups in total. The molecule has 1 atom stereocenters. The van der Waals surface area contributed by atoms with Gasteiger partial charge >= 0.3 is 162 Å². The Balaban J connectivity index is 2.30. The van der Waals surface area contributed by atoms with E-state index in [1.54, 1.807) is 24.3 Å². The van der Waals surface area contributed by atoms with Crippen molar-refractivity contribution in [1.82, 2.24) is 3.30 Å². The van der Waals surface area contributed by atoms with Crippen LogP contribution in [0.4, 0.5) is 13.2 Å². The molecule has 2 rings (SSSR count). The Morgan fingerprint density at radius 1 is 1.35 bits per heavy atom. The van der Waals surface area contributed by atoms with Crippen molar-refractivity contribution < 1.29 is 26.3 Å². The molecule has 0 fully saturated rings. The zero-order valence-electron chi connectivity index (χ0n) is 13.6. The van der Waals surface area contributed by atoms with Crippen LogP contribution in [-0.4, -0.2) is 52.1 Å². The van der Waals surface area contributed by atoms with E-state index in [1.807, 2.05) is 0 Å². The molecule has 1 heterocycles. The Kier molecular flexibility index (Phi) is 6.57. The van der Waals surface area contributed by atoms with E-state index in [0.29, 0.717) is 11.3 Å². The van der Waals surface area contributed by atoms with Gasteiger partial charge < -0.3 is 0 Å². The number of nitrogens with one attached hydrogen (secondary N) is 2. The summed E-state index contributed by atoms with van der Waals surface area (Å²) in [5.74, 6) is 0.570. The van der Waals surface area contributed by atoms with Crippen LogP contribution in [0.2, 0.25) is 4.18 Å². The van der Waals surface area contributed by atoms with Gasteiger partial charge in [0.25, 0.3) is 0 Å². The zero-order chi connectivity index (χ0) is 19.7. The van der Waals surface area contributed by atoms with Crippen molar-refractivity contribution in [2.75, 3.05) is 7.11 Å². The van der Waals surface area contributed by atoms with Crippen LogP contribution in [0.25, 0.3) is 0 Å². The van der Waals surface area contributed by atoms with Gasteiger partial charge in [0.15, 0.2) is 0 Å². The quantitative estimate of drug-likeness (QED) is 0.542. The molecule has 0 spiro atoms. The van der Waals surface area contributed by atoms with Gasteiger partial charge in [-0.25, -0.2) is 0 Å². The van der Waals surface area contributed by atoms with E-state index in [9.17, 15) is 21.6 Å². The Morgan fingerprint density at radius 2 is 1.92 bits per heavy atom. The summed E-state index contributed by atoms with van der Waals surface area (Å²) in [5.41, 5.74) is 0.490. The molecule has 12 heteroatoms. The van der Waals surface area contributed by atoms with Crippen molar-refractivity contribution >= 4 is 46.8 Å². The standard InChI is InChI=1S/C12H14ClN3O3S.C2H2F3.In/c1-19-9-4-2-8(3-5-9)6-11(20(16,17)18)12(15)10(13)7-14;1-2(3,4)5;/h2-5,11,14-15H,6H2,1H3,(H2,16,17,18);1H2;/q-1;;+1. The molecular weight excluding hydrogens is 498 g/mol. The predicted octanol–water partition coefficient (Wildman–Crippen LogP) is 2.06. The summed E-state index contributed by atoms with van der Waals surface area (Å²) in [7, 11) is -2.69. The third kappa shape index (κ3) is 5.30. The zero-order valence-corrected chi connectivity index (χ0v) is 18.5. The maximum atomic E-state index is 12.7. The molecule has 142 valence electrons. The van der Waals surface area contributed by atoms with Crippen LogP contribution in [0, 0.1) is 5.41 Å². The summed E-state index contributed by atoms with van der Waals surface area (Å²) in [4.78, 5) is 0. The molecule has 0 radical (unpaired) electrons. The molecule has 0 bridgehead atoms. The molecular formula is C14H16ClF3InN3O3S. The number of allylic oxidation sites excluding steroid dienone is 1. The van der Waals surface area contributed by atoms with Gasteiger partial charge in [-0.05, 0) is 0 Å². The first-order chi connectivity index (χ1) is 11.9. The number of rotatable bonds is 6. The van der Waals surface area contributed by atoms with Crippen LogP contribution in [0.3, 0.4) is 0 Å². The van der Waals surface area contributed by atoms with Crippen molar-refractivity contribution in [1.29, 1.82) is 5.41 Å². The van der Waals surface area contributed by atoms with Gasteiger partial charge in [0, 0.05) is 0 Å². The van der Waals surface area contributed by atoms with Gasteiger partial charge in [-0.15, -0.1) is 0 Å². The van der Waals surface area contributed by atoms with E-state index in [4.69, 9.17) is 26.9 Å². The Hall–Kier alpha value is -0.910. The van der Waals surface area contributed by atoms with E-state index >= 15 is 0 Å². The third-order valence-electron chi connectivity index (χ3n) is 3.89. The Labute approximate surface area is 162 Å². The molecule has 1 aromatic rings. The molecule has 26 heavy (non-hydrogen) atoms.